The van der Waals surface area contributed by atoms with Gasteiger partial charge in [0.05, 0.1) is 0 Å². The van der Waals surface area contributed by atoms with Gasteiger partial charge in [-0.3, -0.25) is 10.1 Å². The number of ether oxygens (including phenoxy) is 1. The molecule has 1 saturated heterocycles. The first-order valence-electron chi connectivity index (χ1n) is 9.36. The number of hydrogen-bond donors (Lipinski definition) is 2. The normalized spacial score (nSPS) is 20.3. The topological polar surface area (TPSA) is 117 Å². The lowest BCUT2D eigenvalue weighted by atomic mass is 10.1. The molecule has 0 radical (unpaired) electrons. The van der Waals surface area contributed by atoms with Crippen LogP contribution in [0.1, 0.15) is 58.1 Å². The monoisotopic (exact) mass is 392 g/mol. The Morgan fingerprint density at radius 2 is 1.82 bits per heavy atom. The molecular weight excluding hydrogens is 364 g/mol. The number of carbonyl (C=O) groups excluding carboxylic acids is 3. The molecule has 1 fully saturated rings. The maximum Gasteiger partial charge on any atom is 0.372 e. The van der Waals surface area contributed by atoms with Crippen LogP contribution in [0.2, 0.25) is 0 Å². The van der Waals surface area contributed by atoms with Crippen molar-refractivity contribution in [2.75, 3.05) is 0 Å². The van der Waals surface area contributed by atoms with Gasteiger partial charge >= 0.3 is 17.9 Å². The minimum atomic E-state index is -1.09. The van der Waals surface area contributed by atoms with E-state index in [2.05, 4.69) is 15.1 Å². The molecule has 0 aromatic heterocycles. The summed E-state index contributed by atoms with van der Waals surface area (Å²) in [6.45, 7) is 5.24. The number of carbonyl (C=O) groups is 3. The Morgan fingerprint density at radius 1 is 1.14 bits per heavy atom. The molecule has 8 nitrogen and oxygen atoms in total. The summed E-state index contributed by atoms with van der Waals surface area (Å²) in [6, 6.07) is 8.15. The number of benzene rings is 1. The van der Waals surface area contributed by atoms with E-state index in [-0.39, 0.29) is 18.9 Å². The molecule has 0 bridgehead atoms. The summed E-state index contributed by atoms with van der Waals surface area (Å²) in [4.78, 5) is 44.8. The van der Waals surface area contributed by atoms with Crippen molar-refractivity contribution in [3.63, 3.8) is 0 Å². The first-order chi connectivity index (χ1) is 13.2. The third-order valence-electron chi connectivity index (χ3n) is 4.22. The van der Waals surface area contributed by atoms with E-state index in [0.29, 0.717) is 6.42 Å². The zero-order valence-electron chi connectivity index (χ0n) is 16.5. The Balaban J connectivity index is 1.70. The second-order valence-electron chi connectivity index (χ2n) is 7.80. The molecule has 8 heteroatoms. The highest BCUT2D eigenvalue weighted by molar-refractivity contribution is 5.79. The van der Waals surface area contributed by atoms with Crippen molar-refractivity contribution in [3.8, 4) is 0 Å². The summed E-state index contributed by atoms with van der Waals surface area (Å²) in [6.07, 6.45) is 1.33. The average Bonchev–Trinajstić information content (AvgIpc) is 3.13. The van der Waals surface area contributed by atoms with E-state index in [1.807, 2.05) is 30.3 Å². The van der Waals surface area contributed by atoms with Gasteiger partial charge in [-0.15, -0.1) is 0 Å². The Hall–Kier alpha value is -2.45. The highest BCUT2D eigenvalue weighted by Crippen LogP contribution is 2.26. The fourth-order valence-electron chi connectivity index (χ4n) is 2.86. The number of esters is 1. The van der Waals surface area contributed by atoms with E-state index in [1.165, 1.54) is 0 Å². The predicted molar refractivity (Wildman–Crippen MR) is 101 cm³/mol. The molecule has 1 aliphatic rings. The summed E-state index contributed by atoms with van der Waals surface area (Å²) in [5.74, 6) is -2.05. The first-order valence-corrected chi connectivity index (χ1v) is 9.36. The summed E-state index contributed by atoms with van der Waals surface area (Å²) < 4.78 is 5.14. The zero-order chi connectivity index (χ0) is 20.7. The molecule has 1 aliphatic heterocycles. The standard InChI is InChI=1S/C20H28N2O6/c1-20(2,3)26-17(23)12-9-14(21)18(24)27-28-19(25)16-11-10-15(22-16)13-7-5-4-6-8-13/h4-8,14-16,22H,9-12,21H2,1-3H3/t14-,15+,16-/m1/s1. The van der Waals surface area contributed by atoms with Gasteiger partial charge in [0.25, 0.3) is 0 Å². The van der Waals surface area contributed by atoms with Gasteiger partial charge in [0.1, 0.15) is 17.7 Å². The average molecular weight is 392 g/mol. The number of nitrogens with one attached hydrogen (secondary N) is 1. The quantitative estimate of drug-likeness (QED) is 0.428. The van der Waals surface area contributed by atoms with Crippen molar-refractivity contribution in [2.45, 2.75) is 70.2 Å². The van der Waals surface area contributed by atoms with Crippen molar-refractivity contribution in [1.82, 2.24) is 5.32 Å². The molecule has 1 aromatic rings. The Kier molecular flexibility index (Phi) is 7.53. The van der Waals surface area contributed by atoms with Gasteiger partial charge in [0.15, 0.2) is 0 Å². The smallest absolute Gasteiger partial charge is 0.372 e. The summed E-state index contributed by atoms with van der Waals surface area (Å²) >= 11 is 0. The molecule has 2 rings (SSSR count). The van der Waals surface area contributed by atoms with Gasteiger partial charge < -0.3 is 10.5 Å². The largest absolute Gasteiger partial charge is 0.460 e. The Morgan fingerprint density at radius 3 is 2.46 bits per heavy atom. The van der Waals surface area contributed by atoms with E-state index in [9.17, 15) is 14.4 Å². The van der Waals surface area contributed by atoms with Crippen LogP contribution < -0.4 is 11.1 Å². The van der Waals surface area contributed by atoms with Crippen LogP contribution in [0.15, 0.2) is 30.3 Å². The molecule has 28 heavy (non-hydrogen) atoms. The molecule has 3 N–H and O–H groups in total. The van der Waals surface area contributed by atoms with Crippen LogP contribution in [0.25, 0.3) is 0 Å². The summed E-state index contributed by atoms with van der Waals surface area (Å²) in [5, 5.41) is 3.16. The van der Waals surface area contributed by atoms with Gasteiger partial charge in [0, 0.05) is 12.5 Å². The SMILES string of the molecule is CC(C)(C)OC(=O)CC[C@@H](N)C(=O)OOC(=O)[C@H]1CC[C@@H](c2ccccc2)N1. The first kappa shape index (κ1) is 21.8. The number of hydrogen-bond acceptors (Lipinski definition) is 8. The van der Waals surface area contributed by atoms with Crippen molar-refractivity contribution >= 4 is 17.9 Å². The van der Waals surface area contributed by atoms with Gasteiger partial charge in [0.2, 0.25) is 0 Å². The maximum absolute atomic E-state index is 12.1. The molecule has 3 atom stereocenters. The van der Waals surface area contributed by atoms with E-state index in [4.69, 9.17) is 10.5 Å². The second-order valence-corrected chi connectivity index (χ2v) is 7.80. The third kappa shape index (κ3) is 6.94. The van der Waals surface area contributed by atoms with Crippen LogP contribution in [0, 0.1) is 0 Å². The van der Waals surface area contributed by atoms with Crippen LogP contribution >= 0.6 is 0 Å². The van der Waals surface area contributed by atoms with Crippen molar-refractivity contribution < 1.29 is 28.9 Å². The number of nitrogens with two attached hydrogens (primary N) is 1. The van der Waals surface area contributed by atoms with Crippen molar-refractivity contribution in [1.29, 1.82) is 0 Å². The maximum atomic E-state index is 12.1. The van der Waals surface area contributed by atoms with Gasteiger partial charge in [-0.25, -0.2) is 19.4 Å². The van der Waals surface area contributed by atoms with Crippen LogP contribution in [-0.2, 0) is 28.9 Å². The van der Waals surface area contributed by atoms with Gasteiger partial charge in [-0.2, -0.15) is 0 Å². The molecule has 0 spiro atoms. The van der Waals surface area contributed by atoms with Crippen molar-refractivity contribution in [3.05, 3.63) is 35.9 Å². The molecule has 0 amide bonds. The van der Waals surface area contributed by atoms with E-state index >= 15 is 0 Å². The Labute approximate surface area is 164 Å². The summed E-state index contributed by atoms with van der Waals surface area (Å²) in [7, 11) is 0. The lowest BCUT2D eigenvalue weighted by Gasteiger charge is -2.19. The van der Waals surface area contributed by atoms with Gasteiger partial charge in [-0.05, 0) is 45.6 Å². The highest BCUT2D eigenvalue weighted by Gasteiger charge is 2.32. The molecule has 1 aromatic carbocycles. The van der Waals surface area contributed by atoms with E-state index in [1.54, 1.807) is 20.8 Å². The van der Waals surface area contributed by atoms with Crippen LogP contribution in [0.3, 0.4) is 0 Å². The predicted octanol–water partition coefficient (Wildman–Crippen LogP) is 1.93. The zero-order valence-corrected chi connectivity index (χ0v) is 16.5. The minimum absolute atomic E-state index is 0.0308. The molecule has 0 unspecified atom stereocenters. The van der Waals surface area contributed by atoms with E-state index < -0.39 is 35.6 Å². The fourth-order valence-corrected chi connectivity index (χ4v) is 2.86. The second kappa shape index (κ2) is 9.66. The van der Waals surface area contributed by atoms with E-state index in [0.717, 1.165) is 12.0 Å². The van der Waals surface area contributed by atoms with Crippen LogP contribution in [0.4, 0.5) is 0 Å². The summed E-state index contributed by atoms with van der Waals surface area (Å²) in [5.41, 5.74) is 6.15. The molecular formula is C20H28N2O6. The third-order valence-corrected chi connectivity index (χ3v) is 4.22. The van der Waals surface area contributed by atoms with Crippen LogP contribution in [-0.4, -0.2) is 35.6 Å². The molecule has 0 saturated carbocycles. The molecule has 1 heterocycles. The lowest BCUT2D eigenvalue weighted by Crippen LogP contribution is -2.37. The number of rotatable bonds is 6. The fraction of sp³-hybridized carbons (Fsp3) is 0.550. The minimum Gasteiger partial charge on any atom is -0.460 e. The molecule has 0 aliphatic carbocycles. The Bertz CT molecular complexity index is 686. The molecule has 154 valence electrons. The highest BCUT2D eigenvalue weighted by atomic mass is 17.2. The lowest BCUT2D eigenvalue weighted by molar-refractivity contribution is -0.261. The van der Waals surface area contributed by atoms with Crippen molar-refractivity contribution in [2.24, 2.45) is 5.73 Å². The van der Waals surface area contributed by atoms with Crippen LogP contribution in [0.5, 0.6) is 0 Å². The van der Waals surface area contributed by atoms with Gasteiger partial charge in [-0.1, -0.05) is 30.3 Å².